The predicted molar refractivity (Wildman–Crippen MR) is 89.9 cm³/mol. The van der Waals surface area contributed by atoms with Gasteiger partial charge in [0, 0.05) is 25.7 Å². The summed E-state index contributed by atoms with van der Waals surface area (Å²) in [6.07, 6.45) is 5.32. The summed E-state index contributed by atoms with van der Waals surface area (Å²) in [6, 6.07) is 5.21. The van der Waals surface area contributed by atoms with Gasteiger partial charge in [-0.1, -0.05) is 20.8 Å². The molecule has 0 fully saturated rings. The lowest BCUT2D eigenvalue weighted by Crippen LogP contribution is -2.37. The number of anilines is 1. The van der Waals surface area contributed by atoms with Crippen molar-refractivity contribution in [1.29, 1.82) is 0 Å². The minimum atomic E-state index is 0.333. The lowest BCUT2D eigenvalue weighted by atomic mass is 10.1. The third kappa shape index (κ3) is 4.97. The number of rotatable bonds is 10. The van der Waals surface area contributed by atoms with Gasteiger partial charge >= 0.3 is 0 Å². The quantitative estimate of drug-likeness (QED) is 0.717. The van der Waals surface area contributed by atoms with Crippen molar-refractivity contribution < 1.29 is 4.74 Å². The van der Waals surface area contributed by atoms with Crippen LogP contribution in [0.5, 0.6) is 0 Å². The molecule has 0 radical (unpaired) electrons. The van der Waals surface area contributed by atoms with E-state index >= 15 is 0 Å². The molecule has 4 heteroatoms. The predicted octanol–water partition coefficient (Wildman–Crippen LogP) is 3.39. The highest BCUT2D eigenvalue weighted by Crippen LogP contribution is 2.22. The molecule has 0 aromatic carbocycles. The molecule has 1 heterocycles. The minimum absolute atomic E-state index is 0.333. The third-order valence-electron chi connectivity index (χ3n) is 4.14. The van der Waals surface area contributed by atoms with E-state index in [9.17, 15) is 0 Å². The minimum Gasteiger partial charge on any atom is -0.383 e. The van der Waals surface area contributed by atoms with Gasteiger partial charge in [0.05, 0.1) is 24.2 Å². The molecule has 1 aromatic rings. The standard InChI is InChI=1S/C17H31N3O/c1-6-14(7-2)20(11-12-21-5)15-9-10-17(19-13-15)16(8-3)18-4/h9-10,13-14,16,18H,6-8,11-12H2,1-5H3. The van der Waals surface area contributed by atoms with Crippen LogP contribution in [-0.2, 0) is 4.74 Å². The number of ether oxygens (including phenoxy) is 1. The van der Waals surface area contributed by atoms with Crippen LogP contribution in [0.2, 0.25) is 0 Å². The van der Waals surface area contributed by atoms with Gasteiger partial charge in [0.1, 0.15) is 0 Å². The van der Waals surface area contributed by atoms with Crippen LogP contribution in [0.15, 0.2) is 18.3 Å². The van der Waals surface area contributed by atoms with Gasteiger partial charge in [-0.3, -0.25) is 4.98 Å². The van der Waals surface area contributed by atoms with Gasteiger partial charge in [0.2, 0.25) is 0 Å². The zero-order valence-electron chi connectivity index (χ0n) is 14.2. The van der Waals surface area contributed by atoms with Crippen LogP contribution in [0.3, 0.4) is 0 Å². The topological polar surface area (TPSA) is 37.4 Å². The van der Waals surface area contributed by atoms with Crippen LogP contribution >= 0.6 is 0 Å². The Kier molecular flexibility index (Phi) is 8.31. The first-order valence-corrected chi connectivity index (χ1v) is 8.10. The lowest BCUT2D eigenvalue weighted by Gasteiger charge is -2.32. The summed E-state index contributed by atoms with van der Waals surface area (Å²) in [7, 11) is 3.74. The zero-order chi connectivity index (χ0) is 15.7. The largest absolute Gasteiger partial charge is 0.383 e. The molecule has 0 aliphatic heterocycles. The number of nitrogens with one attached hydrogen (secondary N) is 1. The summed E-state index contributed by atoms with van der Waals surface area (Å²) in [5.41, 5.74) is 2.30. The molecule has 0 amide bonds. The smallest absolute Gasteiger partial charge is 0.0637 e. The summed E-state index contributed by atoms with van der Waals surface area (Å²) in [5.74, 6) is 0. The van der Waals surface area contributed by atoms with Crippen molar-refractivity contribution in [2.45, 2.75) is 52.1 Å². The molecular weight excluding hydrogens is 262 g/mol. The first-order valence-electron chi connectivity index (χ1n) is 8.10. The number of methoxy groups -OCH3 is 1. The highest BCUT2D eigenvalue weighted by atomic mass is 16.5. The van der Waals surface area contributed by atoms with Crippen molar-refractivity contribution in [1.82, 2.24) is 10.3 Å². The summed E-state index contributed by atoms with van der Waals surface area (Å²) >= 11 is 0. The fourth-order valence-electron chi connectivity index (χ4n) is 2.78. The van der Waals surface area contributed by atoms with Gasteiger partial charge in [0.25, 0.3) is 0 Å². The summed E-state index contributed by atoms with van der Waals surface area (Å²) in [4.78, 5) is 7.07. The molecule has 0 aliphatic carbocycles. The van der Waals surface area contributed by atoms with Gasteiger partial charge in [-0.2, -0.15) is 0 Å². The second-order valence-electron chi connectivity index (χ2n) is 5.35. The Morgan fingerprint density at radius 2 is 1.90 bits per heavy atom. The van der Waals surface area contributed by atoms with Crippen LogP contribution < -0.4 is 10.2 Å². The SMILES string of the molecule is CCC(NC)c1ccc(N(CCOC)C(CC)CC)cn1. The van der Waals surface area contributed by atoms with Crippen molar-refractivity contribution in [2.24, 2.45) is 0 Å². The first kappa shape index (κ1) is 17.9. The molecule has 1 unspecified atom stereocenters. The number of hydrogen-bond acceptors (Lipinski definition) is 4. The maximum Gasteiger partial charge on any atom is 0.0637 e. The fourth-order valence-corrected chi connectivity index (χ4v) is 2.78. The van der Waals surface area contributed by atoms with E-state index in [1.54, 1.807) is 7.11 Å². The van der Waals surface area contributed by atoms with Gasteiger partial charge in [0.15, 0.2) is 0 Å². The van der Waals surface area contributed by atoms with E-state index in [-0.39, 0.29) is 0 Å². The fraction of sp³-hybridized carbons (Fsp3) is 0.706. The zero-order valence-corrected chi connectivity index (χ0v) is 14.2. The highest BCUT2D eigenvalue weighted by Gasteiger charge is 2.16. The van der Waals surface area contributed by atoms with Crippen molar-refractivity contribution >= 4 is 5.69 Å². The molecule has 0 aliphatic rings. The van der Waals surface area contributed by atoms with Crippen LogP contribution in [0.4, 0.5) is 5.69 Å². The molecule has 1 N–H and O–H groups in total. The molecule has 21 heavy (non-hydrogen) atoms. The van der Waals surface area contributed by atoms with Crippen molar-refractivity contribution in [3.05, 3.63) is 24.0 Å². The Balaban J connectivity index is 2.91. The van der Waals surface area contributed by atoms with Crippen molar-refractivity contribution in [3.63, 3.8) is 0 Å². The van der Waals surface area contributed by atoms with Crippen molar-refractivity contribution in [3.8, 4) is 0 Å². The first-order chi connectivity index (χ1) is 10.2. The second-order valence-corrected chi connectivity index (χ2v) is 5.35. The molecule has 1 atom stereocenters. The van der Waals surface area contributed by atoms with E-state index in [0.717, 1.165) is 38.1 Å². The van der Waals surface area contributed by atoms with E-state index in [1.165, 1.54) is 5.69 Å². The van der Waals surface area contributed by atoms with Crippen LogP contribution in [-0.4, -0.2) is 38.3 Å². The Morgan fingerprint density at radius 3 is 2.33 bits per heavy atom. The van der Waals surface area contributed by atoms with E-state index < -0.39 is 0 Å². The lowest BCUT2D eigenvalue weighted by molar-refractivity contribution is 0.202. The average molecular weight is 293 g/mol. The van der Waals surface area contributed by atoms with Gasteiger partial charge in [-0.25, -0.2) is 0 Å². The van der Waals surface area contributed by atoms with Crippen molar-refractivity contribution in [2.75, 3.05) is 32.2 Å². The molecule has 0 bridgehead atoms. The normalized spacial score (nSPS) is 12.7. The second kappa shape index (κ2) is 9.74. The highest BCUT2D eigenvalue weighted by molar-refractivity contribution is 5.46. The maximum atomic E-state index is 5.26. The third-order valence-corrected chi connectivity index (χ3v) is 4.14. The van der Waals surface area contributed by atoms with Gasteiger partial charge in [-0.15, -0.1) is 0 Å². The number of hydrogen-bond donors (Lipinski definition) is 1. The maximum absolute atomic E-state index is 5.26. The Labute approximate surface area is 129 Å². The van der Waals surface area contributed by atoms with Crippen LogP contribution in [0.1, 0.15) is 51.8 Å². The Morgan fingerprint density at radius 1 is 1.19 bits per heavy atom. The Bertz CT molecular complexity index is 372. The molecular formula is C17H31N3O. The number of aromatic nitrogens is 1. The molecule has 0 saturated heterocycles. The molecule has 120 valence electrons. The summed E-state index contributed by atoms with van der Waals surface area (Å²) in [5, 5.41) is 3.30. The van der Waals surface area contributed by atoms with Crippen LogP contribution in [0.25, 0.3) is 0 Å². The van der Waals surface area contributed by atoms with E-state index in [0.29, 0.717) is 12.1 Å². The molecule has 0 spiro atoms. The average Bonchev–Trinajstić information content (AvgIpc) is 2.53. The number of pyridine rings is 1. The summed E-state index contributed by atoms with van der Waals surface area (Å²) < 4.78 is 5.26. The molecule has 1 rings (SSSR count). The van der Waals surface area contributed by atoms with E-state index in [1.807, 2.05) is 13.2 Å². The Hall–Kier alpha value is -1.13. The molecule has 4 nitrogen and oxygen atoms in total. The monoisotopic (exact) mass is 293 g/mol. The van der Waals surface area contributed by atoms with E-state index in [4.69, 9.17) is 4.74 Å². The van der Waals surface area contributed by atoms with Gasteiger partial charge in [-0.05, 0) is 38.4 Å². The molecule has 1 aromatic heterocycles. The van der Waals surface area contributed by atoms with E-state index in [2.05, 4.69) is 48.1 Å². The molecule has 0 saturated carbocycles. The summed E-state index contributed by atoms with van der Waals surface area (Å²) in [6.45, 7) is 8.30. The van der Waals surface area contributed by atoms with Gasteiger partial charge < -0.3 is 15.0 Å². The van der Waals surface area contributed by atoms with Crippen LogP contribution in [0, 0.1) is 0 Å². The number of nitrogens with zero attached hydrogens (tertiary/aromatic N) is 2.